The molecule has 4 heteroatoms. The molecule has 76 valence electrons. The molecule has 1 saturated heterocycles. The fourth-order valence-corrected chi connectivity index (χ4v) is 2.55. The Kier molecular flexibility index (Phi) is 4.59. The summed E-state index contributed by atoms with van der Waals surface area (Å²) in [5, 5.41) is 2.83. The summed E-state index contributed by atoms with van der Waals surface area (Å²) in [7, 11) is 0. The Bertz CT molecular complexity index is 175. The van der Waals surface area contributed by atoms with Crippen molar-refractivity contribution < 1.29 is 4.79 Å². The average Bonchev–Trinajstić information content (AvgIpc) is 2.08. The van der Waals surface area contributed by atoms with Gasteiger partial charge in [-0.3, -0.25) is 9.69 Å². The molecule has 1 heterocycles. The van der Waals surface area contributed by atoms with Crippen molar-refractivity contribution in [2.24, 2.45) is 0 Å². The summed E-state index contributed by atoms with van der Waals surface area (Å²) < 4.78 is 0. The van der Waals surface area contributed by atoms with Gasteiger partial charge in [0.25, 0.3) is 0 Å². The molecule has 0 bridgehead atoms. The molecule has 1 aliphatic rings. The van der Waals surface area contributed by atoms with Crippen LogP contribution in [0.25, 0.3) is 0 Å². The topological polar surface area (TPSA) is 32.3 Å². The van der Waals surface area contributed by atoms with Gasteiger partial charge >= 0.3 is 0 Å². The highest BCUT2D eigenvalue weighted by Crippen LogP contribution is 2.14. The molecule has 3 nitrogen and oxygen atoms in total. The first-order chi connectivity index (χ1) is 6.20. The summed E-state index contributed by atoms with van der Waals surface area (Å²) in [6.07, 6.45) is 0. The third-order valence-corrected chi connectivity index (χ3v) is 3.47. The number of carbonyl (C=O) groups is 1. The van der Waals surface area contributed by atoms with Crippen molar-refractivity contribution in [1.82, 2.24) is 10.2 Å². The van der Waals surface area contributed by atoms with Gasteiger partial charge in [0.15, 0.2) is 0 Å². The third-order valence-electron chi connectivity index (χ3n) is 2.28. The molecule has 13 heavy (non-hydrogen) atoms. The van der Waals surface area contributed by atoms with Gasteiger partial charge in [-0.15, -0.1) is 0 Å². The summed E-state index contributed by atoms with van der Waals surface area (Å²) in [5.74, 6) is 2.52. The Morgan fingerprint density at radius 2 is 2.46 bits per heavy atom. The highest BCUT2D eigenvalue weighted by atomic mass is 32.2. The van der Waals surface area contributed by atoms with Crippen LogP contribution in [0, 0.1) is 0 Å². The van der Waals surface area contributed by atoms with Crippen LogP contribution in [0.15, 0.2) is 0 Å². The molecule has 0 saturated carbocycles. The minimum Gasteiger partial charge on any atom is -0.355 e. The van der Waals surface area contributed by atoms with E-state index < -0.39 is 0 Å². The van der Waals surface area contributed by atoms with Crippen LogP contribution in [-0.4, -0.2) is 48.0 Å². The monoisotopic (exact) mass is 202 g/mol. The molecule has 1 aliphatic heterocycles. The molecule has 0 aromatic carbocycles. The Morgan fingerprint density at radius 1 is 1.69 bits per heavy atom. The molecule has 1 atom stereocenters. The van der Waals surface area contributed by atoms with E-state index in [0.717, 1.165) is 19.6 Å². The summed E-state index contributed by atoms with van der Waals surface area (Å²) in [4.78, 5) is 13.1. The second-order valence-corrected chi connectivity index (χ2v) is 4.59. The highest BCUT2D eigenvalue weighted by Gasteiger charge is 2.17. The van der Waals surface area contributed by atoms with E-state index in [2.05, 4.69) is 17.1 Å². The van der Waals surface area contributed by atoms with Crippen LogP contribution in [0.5, 0.6) is 0 Å². The number of hydrogen-bond donors (Lipinski definition) is 1. The normalized spacial score (nSPS) is 24.3. The number of nitrogens with zero attached hydrogens (tertiary/aromatic N) is 1. The first-order valence-electron chi connectivity index (χ1n) is 4.76. The number of nitrogens with one attached hydrogen (secondary N) is 1. The molecule has 1 unspecified atom stereocenters. The third kappa shape index (κ3) is 4.00. The number of carbonyl (C=O) groups excluding carboxylic acids is 1. The minimum absolute atomic E-state index is 0.0686. The van der Waals surface area contributed by atoms with Crippen LogP contribution in [0.3, 0.4) is 0 Å². The van der Waals surface area contributed by atoms with E-state index in [1.54, 1.807) is 6.92 Å². The lowest BCUT2D eigenvalue weighted by Gasteiger charge is -2.32. The van der Waals surface area contributed by atoms with Crippen LogP contribution >= 0.6 is 11.8 Å². The molecular formula is C9H18N2OS. The van der Waals surface area contributed by atoms with E-state index in [4.69, 9.17) is 0 Å². The molecule has 1 N–H and O–H groups in total. The molecule has 0 spiro atoms. The number of hydrogen-bond acceptors (Lipinski definition) is 3. The lowest BCUT2D eigenvalue weighted by Crippen LogP contribution is -2.44. The fourth-order valence-electron chi connectivity index (χ4n) is 1.47. The standard InChI is InChI=1S/C9H18N2OS/c1-8-7-13-6-5-11(8)4-3-10-9(2)12/h8H,3-7H2,1-2H3,(H,10,12). The summed E-state index contributed by atoms with van der Waals surface area (Å²) in [6, 6.07) is 0.660. The molecule has 0 aromatic rings. The van der Waals surface area contributed by atoms with Crippen molar-refractivity contribution in [2.75, 3.05) is 31.1 Å². The Balaban J connectivity index is 2.15. The van der Waals surface area contributed by atoms with E-state index in [1.807, 2.05) is 11.8 Å². The van der Waals surface area contributed by atoms with Crippen LogP contribution in [0.4, 0.5) is 0 Å². The first-order valence-corrected chi connectivity index (χ1v) is 5.92. The SMILES string of the molecule is CC(=O)NCCN1CCSCC1C. The zero-order chi connectivity index (χ0) is 9.68. The smallest absolute Gasteiger partial charge is 0.216 e. The lowest BCUT2D eigenvalue weighted by atomic mass is 10.3. The quantitative estimate of drug-likeness (QED) is 0.726. The van der Waals surface area contributed by atoms with Crippen molar-refractivity contribution in [1.29, 1.82) is 0 Å². The Morgan fingerprint density at radius 3 is 3.08 bits per heavy atom. The summed E-state index contributed by atoms with van der Waals surface area (Å²) >= 11 is 2.02. The Hall–Kier alpha value is -0.220. The number of thioether (sulfide) groups is 1. The predicted molar refractivity (Wildman–Crippen MR) is 57.0 cm³/mol. The van der Waals surface area contributed by atoms with E-state index in [0.29, 0.717) is 6.04 Å². The van der Waals surface area contributed by atoms with E-state index in [-0.39, 0.29) is 5.91 Å². The maximum absolute atomic E-state index is 10.6. The van der Waals surface area contributed by atoms with Crippen molar-refractivity contribution in [3.05, 3.63) is 0 Å². The second kappa shape index (κ2) is 5.50. The molecule has 1 amide bonds. The summed E-state index contributed by atoms with van der Waals surface area (Å²) in [5.41, 5.74) is 0. The van der Waals surface area contributed by atoms with Crippen LogP contribution < -0.4 is 5.32 Å². The van der Waals surface area contributed by atoms with Gasteiger partial charge in [0, 0.05) is 44.1 Å². The van der Waals surface area contributed by atoms with Gasteiger partial charge in [0.05, 0.1) is 0 Å². The largest absolute Gasteiger partial charge is 0.355 e. The molecular weight excluding hydrogens is 184 g/mol. The maximum atomic E-state index is 10.6. The average molecular weight is 202 g/mol. The second-order valence-electron chi connectivity index (χ2n) is 3.44. The van der Waals surface area contributed by atoms with Gasteiger partial charge in [-0.05, 0) is 6.92 Å². The zero-order valence-corrected chi connectivity index (χ0v) is 9.19. The van der Waals surface area contributed by atoms with Crippen LogP contribution in [0.2, 0.25) is 0 Å². The minimum atomic E-state index is 0.0686. The van der Waals surface area contributed by atoms with Gasteiger partial charge in [0.2, 0.25) is 5.91 Å². The first kappa shape index (κ1) is 10.9. The van der Waals surface area contributed by atoms with Gasteiger partial charge in [-0.2, -0.15) is 11.8 Å². The zero-order valence-electron chi connectivity index (χ0n) is 8.38. The van der Waals surface area contributed by atoms with E-state index >= 15 is 0 Å². The van der Waals surface area contributed by atoms with Crippen molar-refractivity contribution in [3.8, 4) is 0 Å². The fraction of sp³-hybridized carbons (Fsp3) is 0.889. The number of amides is 1. The molecule has 1 fully saturated rings. The molecule has 1 rings (SSSR count). The lowest BCUT2D eigenvalue weighted by molar-refractivity contribution is -0.119. The molecule has 0 radical (unpaired) electrons. The molecule has 0 aromatic heterocycles. The van der Waals surface area contributed by atoms with Gasteiger partial charge in [0.1, 0.15) is 0 Å². The van der Waals surface area contributed by atoms with Crippen LogP contribution in [0.1, 0.15) is 13.8 Å². The van der Waals surface area contributed by atoms with E-state index in [9.17, 15) is 4.79 Å². The van der Waals surface area contributed by atoms with Gasteiger partial charge < -0.3 is 5.32 Å². The molecule has 0 aliphatic carbocycles. The van der Waals surface area contributed by atoms with Crippen molar-refractivity contribution in [2.45, 2.75) is 19.9 Å². The number of rotatable bonds is 3. The Labute approximate surface area is 84.2 Å². The van der Waals surface area contributed by atoms with Gasteiger partial charge in [-0.1, -0.05) is 0 Å². The van der Waals surface area contributed by atoms with Crippen molar-refractivity contribution in [3.63, 3.8) is 0 Å². The highest BCUT2D eigenvalue weighted by molar-refractivity contribution is 7.99. The van der Waals surface area contributed by atoms with E-state index in [1.165, 1.54) is 11.5 Å². The summed E-state index contributed by atoms with van der Waals surface area (Å²) in [6.45, 7) is 6.74. The maximum Gasteiger partial charge on any atom is 0.216 e. The van der Waals surface area contributed by atoms with Gasteiger partial charge in [-0.25, -0.2) is 0 Å². The van der Waals surface area contributed by atoms with Crippen molar-refractivity contribution >= 4 is 17.7 Å². The van der Waals surface area contributed by atoms with Crippen LogP contribution in [-0.2, 0) is 4.79 Å². The predicted octanol–water partition coefficient (Wildman–Crippen LogP) is 0.560.